The molecule has 3 nitrogen and oxygen atoms in total. The molecular weight excluding hydrogens is 284 g/mol. The number of aliphatic hydroxyl groups is 1. The van der Waals surface area contributed by atoms with Gasteiger partial charge in [0.25, 0.3) is 0 Å². The lowest BCUT2D eigenvalue weighted by Crippen LogP contribution is -2.04. The fourth-order valence-electron chi connectivity index (χ4n) is 2.82. The number of nitrogens with zero attached hydrogens (tertiary/aromatic N) is 1. The van der Waals surface area contributed by atoms with Crippen molar-refractivity contribution in [3.63, 3.8) is 0 Å². The number of aryl methyl sites for hydroxylation is 4. The smallest absolute Gasteiger partial charge is 0.126 e. The number of pyridine rings is 1. The molecule has 3 heteroatoms. The molecule has 0 amide bonds. The molecular formula is C20H28N2O. The predicted octanol–water partition coefficient (Wildman–Crippen LogP) is 3.98. The van der Waals surface area contributed by atoms with Crippen LogP contribution in [0.3, 0.4) is 0 Å². The second-order valence-corrected chi connectivity index (χ2v) is 6.21. The topological polar surface area (TPSA) is 59.1 Å². The summed E-state index contributed by atoms with van der Waals surface area (Å²) in [7, 11) is 0. The van der Waals surface area contributed by atoms with Gasteiger partial charge in [-0.15, -0.1) is 0 Å². The van der Waals surface area contributed by atoms with Gasteiger partial charge in [0, 0.05) is 5.69 Å². The van der Waals surface area contributed by atoms with Gasteiger partial charge in [-0.3, -0.25) is 0 Å². The van der Waals surface area contributed by atoms with Crippen LogP contribution in [0.2, 0.25) is 0 Å². The number of unbranched alkanes of at least 4 members (excludes halogenated alkanes) is 2. The number of hydrogen-bond acceptors (Lipinski definition) is 3. The van der Waals surface area contributed by atoms with E-state index in [0.29, 0.717) is 5.82 Å². The minimum absolute atomic E-state index is 0.0996. The zero-order valence-electron chi connectivity index (χ0n) is 14.3. The first-order valence-corrected chi connectivity index (χ1v) is 8.57. The molecule has 1 aromatic heterocycles. The highest BCUT2D eigenvalue weighted by Crippen LogP contribution is 2.19. The Balaban J connectivity index is 2.04. The average molecular weight is 312 g/mol. The molecule has 0 spiro atoms. The minimum atomic E-state index is 0.0996. The summed E-state index contributed by atoms with van der Waals surface area (Å²) < 4.78 is 0. The largest absolute Gasteiger partial charge is 0.392 e. The lowest BCUT2D eigenvalue weighted by molar-refractivity contribution is 0.282. The lowest BCUT2D eigenvalue weighted by atomic mass is 9.99. The Bertz CT molecular complexity index is 620. The van der Waals surface area contributed by atoms with Gasteiger partial charge in [-0.1, -0.05) is 50.1 Å². The van der Waals surface area contributed by atoms with Crippen molar-refractivity contribution in [3.05, 3.63) is 58.3 Å². The Hall–Kier alpha value is -1.87. The summed E-state index contributed by atoms with van der Waals surface area (Å²) in [6.07, 6.45) is 6.60. The molecule has 0 aliphatic heterocycles. The van der Waals surface area contributed by atoms with Crippen molar-refractivity contribution in [2.75, 3.05) is 5.73 Å². The maximum Gasteiger partial charge on any atom is 0.126 e. The molecule has 124 valence electrons. The van der Waals surface area contributed by atoms with Crippen LogP contribution >= 0.6 is 0 Å². The fraction of sp³-hybridized carbons (Fsp3) is 0.450. The number of aliphatic hydroxyl groups excluding tert-OH is 1. The SMILES string of the molecule is CCCCCc1cc(CCc2ccc(CO)cc2)c(C)nc1N. The third kappa shape index (κ3) is 5.07. The van der Waals surface area contributed by atoms with Crippen LogP contribution in [-0.4, -0.2) is 10.1 Å². The zero-order chi connectivity index (χ0) is 16.7. The standard InChI is InChI=1S/C20H28N2O/c1-3-4-5-6-19-13-18(15(2)22-20(19)21)12-11-16-7-9-17(14-23)10-8-16/h7-10,13,23H,3-6,11-12,14H2,1-2H3,(H2,21,22). The third-order valence-corrected chi connectivity index (χ3v) is 4.37. The van der Waals surface area contributed by atoms with E-state index in [2.05, 4.69) is 30.1 Å². The van der Waals surface area contributed by atoms with E-state index in [4.69, 9.17) is 10.8 Å². The van der Waals surface area contributed by atoms with E-state index < -0.39 is 0 Å². The fourth-order valence-corrected chi connectivity index (χ4v) is 2.82. The number of anilines is 1. The average Bonchev–Trinajstić information content (AvgIpc) is 2.56. The highest BCUT2D eigenvalue weighted by Gasteiger charge is 2.07. The van der Waals surface area contributed by atoms with Gasteiger partial charge < -0.3 is 10.8 Å². The van der Waals surface area contributed by atoms with Crippen LogP contribution in [0.15, 0.2) is 30.3 Å². The number of rotatable bonds is 8. The molecule has 0 saturated heterocycles. The summed E-state index contributed by atoms with van der Waals surface area (Å²) >= 11 is 0. The second-order valence-electron chi connectivity index (χ2n) is 6.21. The van der Waals surface area contributed by atoms with Crippen LogP contribution in [0.4, 0.5) is 5.82 Å². The molecule has 0 saturated carbocycles. The van der Waals surface area contributed by atoms with Crippen LogP contribution in [-0.2, 0) is 25.9 Å². The quantitative estimate of drug-likeness (QED) is 0.725. The first-order chi connectivity index (χ1) is 11.1. The van der Waals surface area contributed by atoms with Crippen molar-refractivity contribution < 1.29 is 5.11 Å². The van der Waals surface area contributed by atoms with E-state index in [0.717, 1.165) is 30.5 Å². The van der Waals surface area contributed by atoms with Gasteiger partial charge in [0.15, 0.2) is 0 Å². The maximum absolute atomic E-state index is 9.10. The van der Waals surface area contributed by atoms with Gasteiger partial charge in [0.2, 0.25) is 0 Å². The lowest BCUT2D eigenvalue weighted by Gasteiger charge is -2.11. The second kappa shape index (κ2) is 8.68. The van der Waals surface area contributed by atoms with Gasteiger partial charge in [-0.05, 0) is 54.9 Å². The van der Waals surface area contributed by atoms with Crippen molar-refractivity contribution in [2.45, 2.75) is 59.0 Å². The Kier molecular flexibility index (Phi) is 6.60. The summed E-state index contributed by atoms with van der Waals surface area (Å²) in [6.45, 7) is 4.35. The number of aromatic nitrogens is 1. The Morgan fingerprint density at radius 3 is 2.30 bits per heavy atom. The van der Waals surface area contributed by atoms with E-state index in [1.165, 1.54) is 36.0 Å². The molecule has 0 radical (unpaired) electrons. The van der Waals surface area contributed by atoms with Crippen LogP contribution in [0.1, 0.15) is 54.1 Å². The zero-order valence-corrected chi connectivity index (χ0v) is 14.3. The molecule has 0 fully saturated rings. The molecule has 23 heavy (non-hydrogen) atoms. The molecule has 0 aliphatic rings. The molecule has 1 heterocycles. The molecule has 0 aliphatic carbocycles. The summed E-state index contributed by atoms with van der Waals surface area (Å²) in [5.41, 5.74) is 11.8. The van der Waals surface area contributed by atoms with Gasteiger partial charge in [0.05, 0.1) is 6.61 Å². The van der Waals surface area contributed by atoms with Crippen molar-refractivity contribution in [1.29, 1.82) is 0 Å². The normalized spacial score (nSPS) is 10.9. The summed E-state index contributed by atoms with van der Waals surface area (Å²) in [4.78, 5) is 4.54. The van der Waals surface area contributed by atoms with Crippen molar-refractivity contribution in [3.8, 4) is 0 Å². The van der Waals surface area contributed by atoms with E-state index in [9.17, 15) is 0 Å². The van der Waals surface area contributed by atoms with Gasteiger partial charge in [-0.2, -0.15) is 0 Å². The van der Waals surface area contributed by atoms with Gasteiger partial charge >= 0.3 is 0 Å². The summed E-state index contributed by atoms with van der Waals surface area (Å²) in [6, 6.07) is 10.4. The predicted molar refractivity (Wildman–Crippen MR) is 96.4 cm³/mol. The Morgan fingerprint density at radius 1 is 0.957 bits per heavy atom. The molecule has 0 unspecified atom stereocenters. The van der Waals surface area contributed by atoms with Crippen LogP contribution in [0.25, 0.3) is 0 Å². The number of benzene rings is 1. The van der Waals surface area contributed by atoms with Crippen LogP contribution < -0.4 is 5.73 Å². The van der Waals surface area contributed by atoms with Crippen LogP contribution in [0, 0.1) is 6.92 Å². The molecule has 2 rings (SSSR count). The molecule has 2 aromatic rings. The highest BCUT2D eigenvalue weighted by molar-refractivity contribution is 5.44. The molecule has 3 N–H and O–H groups in total. The Labute approximate surface area is 139 Å². The summed E-state index contributed by atoms with van der Waals surface area (Å²) in [5.74, 6) is 0.689. The first-order valence-electron chi connectivity index (χ1n) is 8.57. The number of nitrogens with two attached hydrogens (primary N) is 1. The molecule has 1 aromatic carbocycles. The maximum atomic E-state index is 9.10. The molecule has 0 atom stereocenters. The van der Waals surface area contributed by atoms with Crippen molar-refractivity contribution >= 4 is 5.82 Å². The van der Waals surface area contributed by atoms with Crippen molar-refractivity contribution in [2.24, 2.45) is 0 Å². The summed E-state index contributed by atoms with van der Waals surface area (Å²) in [5, 5.41) is 9.10. The van der Waals surface area contributed by atoms with Gasteiger partial charge in [0.1, 0.15) is 5.82 Å². The number of nitrogen functional groups attached to an aromatic ring is 1. The van der Waals surface area contributed by atoms with Crippen LogP contribution in [0.5, 0.6) is 0 Å². The van der Waals surface area contributed by atoms with E-state index in [1.54, 1.807) is 0 Å². The third-order valence-electron chi connectivity index (χ3n) is 4.37. The first kappa shape index (κ1) is 17.5. The Morgan fingerprint density at radius 2 is 1.65 bits per heavy atom. The van der Waals surface area contributed by atoms with E-state index >= 15 is 0 Å². The molecule has 0 bridgehead atoms. The van der Waals surface area contributed by atoms with E-state index in [1.807, 2.05) is 19.1 Å². The van der Waals surface area contributed by atoms with Crippen molar-refractivity contribution in [1.82, 2.24) is 4.98 Å². The minimum Gasteiger partial charge on any atom is -0.392 e. The van der Waals surface area contributed by atoms with E-state index in [-0.39, 0.29) is 6.61 Å². The highest BCUT2D eigenvalue weighted by atomic mass is 16.3. The monoisotopic (exact) mass is 312 g/mol. The van der Waals surface area contributed by atoms with Gasteiger partial charge in [-0.25, -0.2) is 4.98 Å². The number of hydrogen-bond donors (Lipinski definition) is 2.